The molecule has 6 nitrogen and oxygen atoms in total. The maximum atomic E-state index is 12.9. The fraction of sp³-hybridized carbons (Fsp3) is 0.891. The molecule has 70 heavy (non-hydrogen) atoms. The summed E-state index contributed by atoms with van der Waals surface area (Å²) in [5.74, 6) is -0.865. The maximum Gasteiger partial charge on any atom is 0.306 e. The minimum absolute atomic E-state index is 0.0712. The van der Waals surface area contributed by atoms with Crippen LogP contribution in [0.4, 0.5) is 0 Å². The first-order valence-corrected chi connectivity index (χ1v) is 31.3. The molecule has 0 heterocycles. The fourth-order valence-corrected chi connectivity index (χ4v) is 9.44. The molecule has 0 aromatic rings. The van der Waals surface area contributed by atoms with E-state index in [1.807, 2.05) is 0 Å². The number of ether oxygens (including phenoxy) is 3. The third-order valence-electron chi connectivity index (χ3n) is 14.2. The van der Waals surface area contributed by atoms with E-state index < -0.39 is 6.10 Å². The Morgan fingerprint density at radius 1 is 0.271 bits per heavy atom. The topological polar surface area (TPSA) is 78.9 Å². The maximum absolute atomic E-state index is 12.9. The second-order valence-electron chi connectivity index (χ2n) is 21.3. The number of allylic oxidation sites excluding steroid dienone is 4. The Kier molecular flexibility index (Phi) is 57.7. The molecule has 0 aliphatic rings. The zero-order valence-corrected chi connectivity index (χ0v) is 47.3. The predicted octanol–water partition coefficient (Wildman–Crippen LogP) is 21.1. The lowest BCUT2D eigenvalue weighted by atomic mass is 10.0. The zero-order chi connectivity index (χ0) is 50.7. The number of esters is 3. The minimum atomic E-state index is -0.773. The van der Waals surface area contributed by atoms with E-state index in [9.17, 15) is 14.4 Å². The molecule has 0 saturated carbocycles. The number of carbonyl (C=O) groups is 3. The molecule has 1 unspecified atom stereocenters. The van der Waals surface area contributed by atoms with Gasteiger partial charge >= 0.3 is 17.9 Å². The number of rotatable bonds is 58. The number of carbonyl (C=O) groups excluding carboxylic acids is 3. The quantitative estimate of drug-likeness (QED) is 0.0261. The van der Waals surface area contributed by atoms with E-state index >= 15 is 0 Å². The Bertz CT molecular complexity index is 1130. The highest BCUT2D eigenvalue weighted by molar-refractivity contribution is 5.71. The molecule has 0 rings (SSSR count). The summed E-state index contributed by atoms with van der Waals surface area (Å²) in [5.41, 5.74) is 0. The van der Waals surface area contributed by atoms with Gasteiger partial charge in [-0.1, -0.05) is 289 Å². The van der Waals surface area contributed by atoms with Gasteiger partial charge < -0.3 is 14.2 Å². The van der Waals surface area contributed by atoms with Crippen LogP contribution in [0.1, 0.15) is 348 Å². The summed E-state index contributed by atoms with van der Waals surface area (Å²) in [6.45, 7) is 6.62. The van der Waals surface area contributed by atoms with Crippen molar-refractivity contribution in [2.75, 3.05) is 13.2 Å². The first-order chi connectivity index (χ1) is 34.5. The molecule has 1 atom stereocenters. The average molecular weight is 986 g/mol. The first-order valence-electron chi connectivity index (χ1n) is 31.3. The third-order valence-corrected chi connectivity index (χ3v) is 14.2. The largest absolute Gasteiger partial charge is 0.462 e. The fourth-order valence-electron chi connectivity index (χ4n) is 9.44. The average Bonchev–Trinajstić information content (AvgIpc) is 3.36. The standard InChI is InChI=1S/C64H120O6/c1-4-7-10-13-16-19-22-24-26-28-30-31-32-33-34-35-37-38-40-42-45-48-51-54-57-63(66)69-60-61(59-68-62(65)56-53-50-47-44-21-18-15-12-9-6-3)70-64(67)58-55-52-49-46-43-41-39-36-29-27-25-23-20-17-14-11-8-5-2/h12,15,27,29,61H,4-11,13-14,16-26,28,30-60H2,1-3H3/b15-12-,29-27-. The molecule has 0 aliphatic heterocycles. The summed E-state index contributed by atoms with van der Waals surface area (Å²) in [5, 5.41) is 0. The molecule has 0 radical (unpaired) electrons. The van der Waals surface area contributed by atoms with Gasteiger partial charge in [-0.2, -0.15) is 0 Å². The number of hydrogen-bond acceptors (Lipinski definition) is 6. The molecule has 0 fully saturated rings. The van der Waals surface area contributed by atoms with Crippen molar-refractivity contribution >= 4 is 17.9 Å². The van der Waals surface area contributed by atoms with E-state index in [-0.39, 0.29) is 31.1 Å². The molecule has 6 heteroatoms. The van der Waals surface area contributed by atoms with Crippen molar-refractivity contribution in [1.82, 2.24) is 0 Å². The van der Waals surface area contributed by atoms with E-state index in [1.54, 1.807) is 0 Å². The highest BCUT2D eigenvalue weighted by atomic mass is 16.6. The molecule has 0 aromatic carbocycles. The highest BCUT2D eigenvalue weighted by Crippen LogP contribution is 2.18. The zero-order valence-electron chi connectivity index (χ0n) is 47.3. The Hall–Kier alpha value is -2.11. The first kappa shape index (κ1) is 67.9. The van der Waals surface area contributed by atoms with Crippen molar-refractivity contribution in [3.63, 3.8) is 0 Å². The van der Waals surface area contributed by atoms with Gasteiger partial charge in [0.15, 0.2) is 6.10 Å². The van der Waals surface area contributed by atoms with Crippen LogP contribution in [0.25, 0.3) is 0 Å². The Morgan fingerprint density at radius 2 is 0.500 bits per heavy atom. The van der Waals surface area contributed by atoms with Crippen LogP contribution < -0.4 is 0 Å². The summed E-state index contributed by atoms with van der Waals surface area (Å²) >= 11 is 0. The van der Waals surface area contributed by atoms with Crippen molar-refractivity contribution in [1.29, 1.82) is 0 Å². The van der Waals surface area contributed by atoms with Gasteiger partial charge in [-0.3, -0.25) is 14.4 Å². The Labute approximate surface area is 436 Å². The van der Waals surface area contributed by atoms with Crippen LogP contribution in [0.5, 0.6) is 0 Å². The molecule has 0 spiro atoms. The molecule has 0 N–H and O–H groups in total. The summed E-state index contributed by atoms with van der Waals surface area (Å²) < 4.78 is 16.9. The van der Waals surface area contributed by atoms with Gasteiger partial charge in [0.1, 0.15) is 13.2 Å². The number of unbranched alkanes of at least 4 members (excludes halogenated alkanes) is 43. The van der Waals surface area contributed by atoms with Gasteiger partial charge in [-0.25, -0.2) is 0 Å². The lowest BCUT2D eigenvalue weighted by molar-refractivity contribution is -0.167. The highest BCUT2D eigenvalue weighted by Gasteiger charge is 2.19. The van der Waals surface area contributed by atoms with Crippen molar-refractivity contribution in [3.8, 4) is 0 Å². The van der Waals surface area contributed by atoms with Gasteiger partial charge in [0.05, 0.1) is 0 Å². The molecule has 0 amide bonds. The van der Waals surface area contributed by atoms with Crippen molar-refractivity contribution in [3.05, 3.63) is 24.3 Å². The Balaban J connectivity index is 4.18. The molecular formula is C64H120O6. The van der Waals surface area contributed by atoms with E-state index in [1.165, 1.54) is 238 Å². The van der Waals surface area contributed by atoms with Gasteiger partial charge in [-0.05, 0) is 64.2 Å². The van der Waals surface area contributed by atoms with E-state index in [4.69, 9.17) is 14.2 Å². The normalized spacial score (nSPS) is 12.1. The summed E-state index contributed by atoms with van der Waals surface area (Å²) in [7, 11) is 0. The lowest BCUT2D eigenvalue weighted by Gasteiger charge is -2.18. The predicted molar refractivity (Wildman–Crippen MR) is 303 cm³/mol. The lowest BCUT2D eigenvalue weighted by Crippen LogP contribution is -2.30. The van der Waals surface area contributed by atoms with Gasteiger partial charge in [-0.15, -0.1) is 0 Å². The van der Waals surface area contributed by atoms with Crippen LogP contribution in [0.3, 0.4) is 0 Å². The van der Waals surface area contributed by atoms with Crippen LogP contribution in [0, 0.1) is 0 Å². The summed E-state index contributed by atoms with van der Waals surface area (Å²) in [6, 6.07) is 0. The van der Waals surface area contributed by atoms with Crippen LogP contribution in [-0.4, -0.2) is 37.2 Å². The molecule has 412 valence electrons. The third kappa shape index (κ3) is 56.8. The van der Waals surface area contributed by atoms with Crippen molar-refractivity contribution in [2.24, 2.45) is 0 Å². The van der Waals surface area contributed by atoms with Gasteiger partial charge in [0.25, 0.3) is 0 Å². The van der Waals surface area contributed by atoms with Gasteiger partial charge in [0, 0.05) is 19.3 Å². The Morgan fingerprint density at radius 3 is 0.771 bits per heavy atom. The molecule has 0 bridgehead atoms. The smallest absolute Gasteiger partial charge is 0.306 e. The molecule has 0 aliphatic carbocycles. The van der Waals surface area contributed by atoms with Crippen LogP contribution in [0.2, 0.25) is 0 Å². The second-order valence-corrected chi connectivity index (χ2v) is 21.3. The molecule has 0 saturated heterocycles. The molecular weight excluding hydrogens is 865 g/mol. The second kappa shape index (κ2) is 59.5. The summed E-state index contributed by atoms with van der Waals surface area (Å²) in [6.07, 6.45) is 70.5. The monoisotopic (exact) mass is 985 g/mol. The van der Waals surface area contributed by atoms with E-state index in [0.29, 0.717) is 19.3 Å². The minimum Gasteiger partial charge on any atom is -0.462 e. The summed E-state index contributed by atoms with van der Waals surface area (Å²) in [4.78, 5) is 38.1. The van der Waals surface area contributed by atoms with Crippen molar-refractivity contribution in [2.45, 2.75) is 354 Å². The SMILES string of the molecule is CCC/C=C\CCCCCCCC(=O)OCC(COC(=O)CCCCCCCCCCCCCCCCCCCCCCCCCC)OC(=O)CCCCCCCCC/C=C\CCCCCCCCC. The van der Waals surface area contributed by atoms with Crippen LogP contribution in [0.15, 0.2) is 24.3 Å². The van der Waals surface area contributed by atoms with Gasteiger partial charge in [0.2, 0.25) is 0 Å². The van der Waals surface area contributed by atoms with E-state index in [0.717, 1.165) is 70.6 Å². The van der Waals surface area contributed by atoms with E-state index in [2.05, 4.69) is 45.1 Å². The van der Waals surface area contributed by atoms with Crippen molar-refractivity contribution < 1.29 is 28.6 Å². The molecule has 0 aromatic heterocycles. The van der Waals surface area contributed by atoms with Crippen LogP contribution >= 0.6 is 0 Å². The van der Waals surface area contributed by atoms with Crippen LogP contribution in [-0.2, 0) is 28.6 Å². The number of hydrogen-bond donors (Lipinski definition) is 0.